The first kappa shape index (κ1) is 17.7. The summed E-state index contributed by atoms with van der Waals surface area (Å²) >= 11 is 0. The van der Waals surface area contributed by atoms with Gasteiger partial charge in [0.15, 0.2) is 0 Å². The molecule has 27 heavy (non-hydrogen) atoms. The van der Waals surface area contributed by atoms with Gasteiger partial charge in [-0.25, -0.2) is 0 Å². The number of rotatable bonds is 4. The van der Waals surface area contributed by atoms with Gasteiger partial charge in [0.05, 0.1) is 6.54 Å². The van der Waals surface area contributed by atoms with E-state index in [4.69, 9.17) is 5.73 Å². The molecule has 0 aliphatic heterocycles. The highest BCUT2D eigenvalue weighted by atomic mass is 16.2. The van der Waals surface area contributed by atoms with E-state index in [9.17, 15) is 4.79 Å². The third kappa shape index (κ3) is 3.74. The summed E-state index contributed by atoms with van der Waals surface area (Å²) in [4.78, 5) is 14.3. The molecule has 0 spiro atoms. The summed E-state index contributed by atoms with van der Waals surface area (Å²) in [5.74, 6) is 0.656. The van der Waals surface area contributed by atoms with Crippen LogP contribution in [0.15, 0.2) is 60.7 Å². The van der Waals surface area contributed by atoms with Crippen molar-refractivity contribution in [2.45, 2.75) is 32.7 Å². The second-order valence-electron chi connectivity index (χ2n) is 7.58. The van der Waals surface area contributed by atoms with E-state index in [1.165, 1.54) is 21.9 Å². The van der Waals surface area contributed by atoms with Crippen LogP contribution in [0.4, 0.5) is 5.69 Å². The standard InChI is InChI=1S/C24H26N2O/c1-17(27)26(16-19-7-8-20-4-2-3-5-21(20)13-19)24-11-10-22-12-18(15-25)6-9-23(22)14-24/h2-5,7-8,10-11,13-14,18H,6,9,12,15-16,25H2,1H3. The molecule has 4 rings (SSSR count). The van der Waals surface area contributed by atoms with Crippen LogP contribution >= 0.6 is 0 Å². The van der Waals surface area contributed by atoms with E-state index in [2.05, 4.69) is 48.5 Å². The van der Waals surface area contributed by atoms with Crippen LogP contribution in [0.2, 0.25) is 0 Å². The Kier molecular flexibility index (Phi) is 4.95. The largest absolute Gasteiger partial charge is 0.330 e. The Balaban J connectivity index is 1.61. The normalized spacial score (nSPS) is 16.1. The van der Waals surface area contributed by atoms with Crippen molar-refractivity contribution in [2.24, 2.45) is 11.7 Å². The van der Waals surface area contributed by atoms with Crippen molar-refractivity contribution in [3.8, 4) is 0 Å². The van der Waals surface area contributed by atoms with E-state index < -0.39 is 0 Å². The third-order valence-corrected chi connectivity index (χ3v) is 5.70. The molecule has 0 heterocycles. The van der Waals surface area contributed by atoms with Crippen molar-refractivity contribution >= 4 is 22.4 Å². The fourth-order valence-electron chi connectivity index (χ4n) is 4.09. The molecule has 0 radical (unpaired) electrons. The first-order valence-corrected chi connectivity index (χ1v) is 9.71. The summed E-state index contributed by atoms with van der Waals surface area (Å²) in [5, 5.41) is 2.43. The van der Waals surface area contributed by atoms with Gasteiger partial charge in [0.1, 0.15) is 0 Å². The minimum atomic E-state index is 0.0683. The van der Waals surface area contributed by atoms with Crippen molar-refractivity contribution in [1.82, 2.24) is 0 Å². The number of hydrogen-bond acceptors (Lipinski definition) is 2. The van der Waals surface area contributed by atoms with Crippen molar-refractivity contribution in [3.63, 3.8) is 0 Å². The second-order valence-corrected chi connectivity index (χ2v) is 7.58. The van der Waals surface area contributed by atoms with Crippen LogP contribution in [0.3, 0.4) is 0 Å². The number of amides is 1. The molecule has 1 aliphatic carbocycles. The minimum Gasteiger partial charge on any atom is -0.330 e. The number of hydrogen-bond donors (Lipinski definition) is 1. The number of nitrogens with two attached hydrogens (primary N) is 1. The molecule has 3 aromatic carbocycles. The van der Waals surface area contributed by atoms with Gasteiger partial charge in [-0.15, -0.1) is 0 Å². The SMILES string of the molecule is CC(=O)N(Cc1ccc2ccccc2c1)c1ccc2c(c1)CCC(CN)C2. The summed E-state index contributed by atoms with van der Waals surface area (Å²) < 4.78 is 0. The summed E-state index contributed by atoms with van der Waals surface area (Å²) in [7, 11) is 0. The van der Waals surface area contributed by atoms with E-state index in [-0.39, 0.29) is 5.91 Å². The highest BCUT2D eigenvalue weighted by Crippen LogP contribution is 2.29. The Morgan fingerprint density at radius 3 is 2.63 bits per heavy atom. The highest BCUT2D eigenvalue weighted by molar-refractivity contribution is 5.92. The van der Waals surface area contributed by atoms with Gasteiger partial charge in [-0.2, -0.15) is 0 Å². The summed E-state index contributed by atoms with van der Waals surface area (Å²) in [5.41, 5.74) is 10.7. The molecule has 3 nitrogen and oxygen atoms in total. The smallest absolute Gasteiger partial charge is 0.224 e. The van der Waals surface area contributed by atoms with Gasteiger partial charge in [-0.05, 0) is 77.4 Å². The Morgan fingerprint density at radius 2 is 1.85 bits per heavy atom. The van der Waals surface area contributed by atoms with E-state index in [1.54, 1.807) is 6.92 Å². The highest BCUT2D eigenvalue weighted by Gasteiger charge is 2.20. The maximum Gasteiger partial charge on any atom is 0.224 e. The van der Waals surface area contributed by atoms with Crippen LogP contribution in [-0.4, -0.2) is 12.5 Å². The van der Waals surface area contributed by atoms with Gasteiger partial charge in [-0.1, -0.05) is 42.5 Å². The Hall–Kier alpha value is -2.65. The van der Waals surface area contributed by atoms with Gasteiger partial charge < -0.3 is 10.6 Å². The Morgan fingerprint density at radius 1 is 1.04 bits per heavy atom. The lowest BCUT2D eigenvalue weighted by Gasteiger charge is -2.27. The van der Waals surface area contributed by atoms with E-state index in [0.717, 1.165) is 37.1 Å². The molecule has 138 valence electrons. The quantitative estimate of drug-likeness (QED) is 0.749. The van der Waals surface area contributed by atoms with Crippen molar-refractivity contribution in [2.75, 3.05) is 11.4 Å². The number of benzene rings is 3. The molecule has 3 heteroatoms. The summed E-state index contributed by atoms with van der Waals surface area (Å²) in [6.45, 7) is 2.98. The lowest BCUT2D eigenvalue weighted by molar-refractivity contribution is -0.116. The summed E-state index contributed by atoms with van der Waals surface area (Å²) in [6.07, 6.45) is 3.24. The van der Waals surface area contributed by atoms with Gasteiger partial charge in [0.2, 0.25) is 5.91 Å². The van der Waals surface area contributed by atoms with Crippen molar-refractivity contribution in [1.29, 1.82) is 0 Å². The maximum absolute atomic E-state index is 12.4. The van der Waals surface area contributed by atoms with Crippen LogP contribution in [0.5, 0.6) is 0 Å². The number of carbonyl (C=O) groups is 1. The molecule has 0 bridgehead atoms. The lowest BCUT2D eigenvalue weighted by atomic mass is 9.83. The number of fused-ring (bicyclic) bond motifs is 2. The predicted molar refractivity (Wildman–Crippen MR) is 112 cm³/mol. The molecule has 1 aliphatic rings. The van der Waals surface area contributed by atoms with Crippen LogP contribution in [0.1, 0.15) is 30.0 Å². The van der Waals surface area contributed by atoms with E-state index >= 15 is 0 Å². The number of aryl methyl sites for hydroxylation is 1. The Labute approximate surface area is 160 Å². The molecule has 0 saturated heterocycles. The van der Waals surface area contributed by atoms with Gasteiger partial charge >= 0.3 is 0 Å². The molecule has 0 aromatic heterocycles. The average molecular weight is 358 g/mol. The first-order chi connectivity index (χ1) is 13.1. The molecule has 2 N–H and O–H groups in total. The van der Waals surface area contributed by atoms with Crippen LogP contribution < -0.4 is 10.6 Å². The number of nitrogens with zero attached hydrogens (tertiary/aromatic N) is 1. The lowest BCUT2D eigenvalue weighted by Crippen LogP contribution is -2.28. The van der Waals surface area contributed by atoms with Gasteiger partial charge in [-0.3, -0.25) is 4.79 Å². The van der Waals surface area contributed by atoms with Crippen LogP contribution in [0, 0.1) is 5.92 Å². The van der Waals surface area contributed by atoms with Crippen molar-refractivity contribution < 1.29 is 4.79 Å². The Bertz CT molecular complexity index is 979. The zero-order chi connectivity index (χ0) is 18.8. The average Bonchev–Trinajstić information content (AvgIpc) is 2.71. The third-order valence-electron chi connectivity index (χ3n) is 5.70. The molecule has 1 atom stereocenters. The fraction of sp³-hybridized carbons (Fsp3) is 0.292. The zero-order valence-corrected chi connectivity index (χ0v) is 15.8. The summed E-state index contributed by atoms with van der Waals surface area (Å²) in [6, 6.07) is 21.2. The van der Waals surface area contributed by atoms with E-state index in [1.807, 2.05) is 17.0 Å². The second kappa shape index (κ2) is 7.53. The molecular formula is C24H26N2O. The zero-order valence-electron chi connectivity index (χ0n) is 15.8. The first-order valence-electron chi connectivity index (χ1n) is 9.71. The topological polar surface area (TPSA) is 46.3 Å². The molecule has 3 aromatic rings. The van der Waals surface area contributed by atoms with Gasteiger partial charge in [0, 0.05) is 12.6 Å². The van der Waals surface area contributed by atoms with Gasteiger partial charge in [0.25, 0.3) is 0 Å². The molecular weight excluding hydrogens is 332 g/mol. The predicted octanol–water partition coefficient (Wildman–Crippen LogP) is 4.46. The number of carbonyl (C=O) groups excluding carboxylic acids is 1. The molecule has 0 fully saturated rings. The maximum atomic E-state index is 12.4. The van der Waals surface area contributed by atoms with E-state index in [0.29, 0.717) is 12.5 Å². The van der Waals surface area contributed by atoms with Crippen molar-refractivity contribution in [3.05, 3.63) is 77.4 Å². The minimum absolute atomic E-state index is 0.0683. The monoisotopic (exact) mass is 358 g/mol. The molecule has 1 unspecified atom stereocenters. The van der Waals surface area contributed by atoms with Crippen LogP contribution in [-0.2, 0) is 24.2 Å². The number of anilines is 1. The van der Waals surface area contributed by atoms with Crippen LogP contribution in [0.25, 0.3) is 10.8 Å². The molecule has 0 saturated carbocycles. The fourth-order valence-corrected chi connectivity index (χ4v) is 4.09. The molecule has 1 amide bonds.